The zero-order valence-corrected chi connectivity index (χ0v) is 15.0. The van der Waals surface area contributed by atoms with E-state index in [1.54, 1.807) is 12.1 Å². The molecule has 10 heteroatoms. The Balaban J connectivity index is 1.67. The molecule has 0 bridgehead atoms. The first-order valence-corrected chi connectivity index (χ1v) is 10.2. The first-order valence-electron chi connectivity index (χ1n) is 6.62. The number of rotatable bonds is 3. The van der Waals surface area contributed by atoms with Crippen molar-refractivity contribution in [1.82, 2.24) is 14.1 Å². The molecule has 1 N–H and O–H groups in total. The Morgan fingerprint density at radius 2 is 2.12 bits per heavy atom. The number of sulfonamides is 1. The molecule has 24 heavy (non-hydrogen) atoms. The number of nitrogens with one attached hydrogen (secondary N) is 1. The molecule has 3 heterocycles. The van der Waals surface area contributed by atoms with E-state index in [0.717, 1.165) is 21.8 Å². The highest BCUT2D eigenvalue weighted by Gasteiger charge is 2.21. The van der Waals surface area contributed by atoms with Crippen LogP contribution in [0.15, 0.2) is 46.8 Å². The zero-order valence-electron chi connectivity index (χ0n) is 11.8. The molecule has 0 aliphatic carbocycles. The van der Waals surface area contributed by atoms with Gasteiger partial charge >= 0.3 is 0 Å². The largest absolute Gasteiger partial charge is 0.289 e. The highest BCUT2D eigenvalue weighted by molar-refractivity contribution is 7.90. The number of fused-ring (bicyclic) bond motifs is 3. The average Bonchev–Trinajstić information content (AvgIpc) is 3.18. The molecule has 0 saturated carbocycles. The van der Waals surface area contributed by atoms with Crippen molar-refractivity contribution in [1.29, 1.82) is 0 Å². The van der Waals surface area contributed by atoms with Gasteiger partial charge in [0, 0.05) is 16.6 Å². The Morgan fingerprint density at radius 1 is 1.29 bits per heavy atom. The Kier molecular flexibility index (Phi) is 3.61. The highest BCUT2D eigenvalue weighted by atomic mass is 35.5. The van der Waals surface area contributed by atoms with Crippen molar-refractivity contribution in [2.75, 3.05) is 0 Å². The van der Waals surface area contributed by atoms with Gasteiger partial charge in [-0.1, -0.05) is 17.7 Å². The zero-order chi connectivity index (χ0) is 16.9. The number of nitrogens with zero attached hydrogens (tertiary/aromatic N) is 2. The Morgan fingerprint density at radius 3 is 2.92 bits per heavy atom. The van der Waals surface area contributed by atoms with E-state index < -0.39 is 15.9 Å². The van der Waals surface area contributed by atoms with Crippen LogP contribution in [0.5, 0.6) is 0 Å². The summed E-state index contributed by atoms with van der Waals surface area (Å²) in [5, 5.41) is 2.17. The van der Waals surface area contributed by atoms with Gasteiger partial charge in [-0.2, -0.15) is 0 Å². The topological polar surface area (TPSA) is 80.5 Å². The van der Waals surface area contributed by atoms with Gasteiger partial charge in [0.05, 0.1) is 15.3 Å². The standard InChI is InChI=1S/C14H8ClN3O3S3/c15-8-2-1-3-9(6-8)24(20,21)17-12(19)11-7-10-13(23-11)16-14-18(10)4-5-22-14/h1-7H,(H,17,19). The summed E-state index contributed by atoms with van der Waals surface area (Å²) in [5.74, 6) is -0.693. The van der Waals surface area contributed by atoms with Gasteiger partial charge < -0.3 is 0 Å². The van der Waals surface area contributed by atoms with Crippen molar-refractivity contribution >= 4 is 65.5 Å². The summed E-state index contributed by atoms with van der Waals surface area (Å²) < 4.78 is 28.5. The fourth-order valence-electron chi connectivity index (χ4n) is 2.22. The van der Waals surface area contributed by atoms with Crippen molar-refractivity contribution in [3.8, 4) is 0 Å². The van der Waals surface area contributed by atoms with E-state index in [9.17, 15) is 13.2 Å². The molecular weight excluding hydrogens is 390 g/mol. The van der Waals surface area contributed by atoms with Crippen molar-refractivity contribution < 1.29 is 13.2 Å². The molecule has 0 radical (unpaired) electrons. The lowest BCUT2D eigenvalue weighted by Crippen LogP contribution is -2.29. The number of amides is 1. The number of benzene rings is 1. The maximum absolute atomic E-state index is 12.3. The SMILES string of the molecule is O=C(NS(=O)(=O)c1cccc(Cl)c1)c1cc2c(nc3sccn32)s1. The number of halogens is 1. The van der Waals surface area contributed by atoms with Gasteiger partial charge in [-0.05, 0) is 24.3 Å². The van der Waals surface area contributed by atoms with Gasteiger partial charge in [0.2, 0.25) is 0 Å². The van der Waals surface area contributed by atoms with Crippen molar-refractivity contribution in [2.45, 2.75) is 4.90 Å². The van der Waals surface area contributed by atoms with E-state index in [4.69, 9.17) is 11.6 Å². The average molecular weight is 398 g/mol. The Hall–Kier alpha value is -1.94. The number of thiophene rings is 1. The van der Waals surface area contributed by atoms with Gasteiger partial charge in [0.1, 0.15) is 4.83 Å². The third kappa shape index (κ3) is 2.59. The minimum Gasteiger partial charge on any atom is -0.289 e. The number of carbonyl (C=O) groups excluding carboxylic acids is 1. The minimum atomic E-state index is -3.98. The van der Waals surface area contributed by atoms with E-state index in [0.29, 0.717) is 4.83 Å². The lowest BCUT2D eigenvalue weighted by molar-refractivity contribution is 0.0985. The van der Waals surface area contributed by atoms with Crippen LogP contribution < -0.4 is 4.72 Å². The van der Waals surface area contributed by atoms with Crippen molar-refractivity contribution in [2.24, 2.45) is 0 Å². The molecular formula is C14H8ClN3O3S3. The van der Waals surface area contributed by atoms with E-state index in [-0.39, 0.29) is 14.8 Å². The molecule has 0 atom stereocenters. The molecule has 0 fully saturated rings. The summed E-state index contributed by atoms with van der Waals surface area (Å²) >= 11 is 8.44. The summed E-state index contributed by atoms with van der Waals surface area (Å²) in [5.41, 5.74) is 0.779. The quantitative estimate of drug-likeness (QED) is 0.574. The molecule has 4 rings (SSSR count). The van der Waals surface area contributed by atoms with Gasteiger partial charge in [-0.15, -0.1) is 22.7 Å². The Bertz CT molecular complexity index is 1190. The molecule has 6 nitrogen and oxygen atoms in total. The normalized spacial score (nSPS) is 12.0. The second-order valence-electron chi connectivity index (χ2n) is 4.86. The molecule has 0 aliphatic heterocycles. The maximum atomic E-state index is 12.3. The molecule has 4 aromatic rings. The lowest BCUT2D eigenvalue weighted by atomic mass is 10.4. The molecule has 0 unspecified atom stereocenters. The maximum Gasteiger partial charge on any atom is 0.275 e. The number of imidazole rings is 1. The second-order valence-corrected chi connectivity index (χ2v) is 8.88. The number of aromatic nitrogens is 2. The summed E-state index contributed by atoms with van der Waals surface area (Å²) in [7, 11) is -3.98. The number of thiazole rings is 1. The monoisotopic (exact) mass is 397 g/mol. The smallest absolute Gasteiger partial charge is 0.275 e. The molecule has 0 saturated heterocycles. The summed E-state index contributed by atoms with van der Waals surface area (Å²) in [6.07, 6.45) is 1.85. The van der Waals surface area contributed by atoms with E-state index in [2.05, 4.69) is 9.71 Å². The van der Waals surface area contributed by atoms with Crippen LogP contribution in [0.3, 0.4) is 0 Å². The predicted molar refractivity (Wildman–Crippen MR) is 94.6 cm³/mol. The van der Waals surface area contributed by atoms with Crippen LogP contribution in [-0.2, 0) is 10.0 Å². The first kappa shape index (κ1) is 15.6. The summed E-state index contributed by atoms with van der Waals surface area (Å²) in [6, 6.07) is 7.36. The lowest BCUT2D eigenvalue weighted by Gasteiger charge is -2.05. The highest BCUT2D eigenvalue weighted by Crippen LogP contribution is 2.28. The van der Waals surface area contributed by atoms with Gasteiger partial charge in [-0.25, -0.2) is 18.1 Å². The van der Waals surface area contributed by atoms with Gasteiger partial charge in [0.15, 0.2) is 4.96 Å². The van der Waals surface area contributed by atoms with E-state index in [1.807, 2.05) is 16.0 Å². The van der Waals surface area contributed by atoms with Crippen molar-refractivity contribution in [3.05, 3.63) is 51.8 Å². The van der Waals surface area contributed by atoms with Crippen LogP contribution in [0.1, 0.15) is 9.67 Å². The third-order valence-corrected chi connectivity index (χ3v) is 6.63. The molecule has 1 amide bonds. The van der Waals surface area contributed by atoms with Crippen LogP contribution in [0, 0.1) is 0 Å². The molecule has 122 valence electrons. The summed E-state index contributed by atoms with van der Waals surface area (Å²) in [4.78, 5) is 18.4. The van der Waals surface area contributed by atoms with Crippen LogP contribution in [0.25, 0.3) is 15.3 Å². The van der Waals surface area contributed by atoms with Gasteiger partial charge in [-0.3, -0.25) is 9.20 Å². The second kappa shape index (κ2) is 5.55. The van der Waals surface area contributed by atoms with Crippen LogP contribution in [0.4, 0.5) is 0 Å². The predicted octanol–water partition coefficient (Wildman–Crippen LogP) is 3.38. The number of hydrogen-bond donors (Lipinski definition) is 1. The first-order chi connectivity index (χ1) is 11.4. The van der Waals surface area contributed by atoms with Crippen molar-refractivity contribution in [3.63, 3.8) is 0 Å². The van der Waals surface area contributed by atoms with Crippen LogP contribution >= 0.6 is 34.3 Å². The van der Waals surface area contributed by atoms with E-state index >= 15 is 0 Å². The van der Waals surface area contributed by atoms with E-state index in [1.165, 1.54) is 29.5 Å². The summed E-state index contributed by atoms with van der Waals surface area (Å²) in [6.45, 7) is 0. The van der Waals surface area contributed by atoms with Gasteiger partial charge in [0.25, 0.3) is 15.9 Å². The number of hydrogen-bond acceptors (Lipinski definition) is 6. The Labute approximate surface area is 149 Å². The number of carbonyl (C=O) groups is 1. The molecule has 0 aliphatic rings. The molecule has 0 spiro atoms. The van der Waals surface area contributed by atoms with Crippen LogP contribution in [0.2, 0.25) is 5.02 Å². The fourth-order valence-corrected chi connectivity index (χ4v) is 5.25. The third-order valence-electron chi connectivity index (χ3n) is 3.30. The van der Waals surface area contributed by atoms with Crippen LogP contribution in [-0.4, -0.2) is 23.7 Å². The molecule has 1 aromatic carbocycles. The minimum absolute atomic E-state index is 0.0633. The fraction of sp³-hybridized carbons (Fsp3) is 0. The molecule has 3 aromatic heterocycles.